The molecule has 1 saturated heterocycles. The number of para-hydroxylation sites is 1. The van der Waals surface area contributed by atoms with Gasteiger partial charge in [0.1, 0.15) is 11.5 Å². The minimum absolute atomic E-state index is 0.0157. The molecule has 1 atom stereocenters. The summed E-state index contributed by atoms with van der Waals surface area (Å²) in [4.78, 5) is 43.0. The van der Waals surface area contributed by atoms with Crippen molar-refractivity contribution in [2.24, 2.45) is 0 Å². The van der Waals surface area contributed by atoms with Crippen molar-refractivity contribution in [3.05, 3.63) is 59.7 Å². The second-order valence-electron chi connectivity index (χ2n) is 9.29. The van der Waals surface area contributed by atoms with Crippen LogP contribution in [-0.4, -0.2) is 74.9 Å². The van der Waals surface area contributed by atoms with Crippen molar-refractivity contribution < 1.29 is 9.59 Å². The third-order valence-electron chi connectivity index (χ3n) is 6.20. The maximum atomic E-state index is 13.0. The maximum absolute atomic E-state index is 13.0. The fourth-order valence-corrected chi connectivity index (χ4v) is 4.51. The number of carbonyl (C=O) groups is 2. The van der Waals surface area contributed by atoms with Crippen molar-refractivity contribution in [3.8, 4) is 0 Å². The number of hydrogen-bond donors (Lipinski definition) is 1. The van der Waals surface area contributed by atoms with Gasteiger partial charge < -0.3 is 14.4 Å². The highest BCUT2D eigenvalue weighted by Gasteiger charge is 2.27. The molecule has 1 aromatic carbocycles. The van der Waals surface area contributed by atoms with Crippen LogP contribution in [0.4, 0.5) is 5.95 Å². The summed E-state index contributed by atoms with van der Waals surface area (Å²) in [7, 11) is 3.95. The third kappa shape index (κ3) is 5.74. The van der Waals surface area contributed by atoms with Crippen LogP contribution >= 0.6 is 0 Å². The van der Waals surface area contributed by atoms with Crippen molar-refractivity contribution in [3.63, 3.8) is 0 Å². The highest BCUT2D eigenvalue weighted by atomic mass is 16.2. The predicted octanol–water partition coefficient (Wildman–Crippen LogP) is 3.37. The summed E-state index contributed by atoms with van der Waals surface area (Å²) in [5.41, 5.74) is 3.15. The molecule has 3 heterocycles. The zero-order chi connectivity index (χ0) is 24.9. The zero-order valence-corrected chi connectivity index (χ0v) is 20.9. The molecule has 35 heavy (non-hydrogen) atoms. The lowest BCUT2D eigenvalue weighted by Crippen LogP contribution is -2.35. The normalized spacial score (nSPS) is 16.7. The Bertz CT molecular complexity index is 1250. The van der Waals surface area contributed by atoms with E-state index in [9.17, 15) is 9.59 Å². The molecule has 2 aromatic heterocycles. The van der Waals surface area contributed by atoms with Gasteiger partial charge in [0.05, 0.1) is 17.1 Å². The van der Waals surface area contributed by atoms with E-state index in [1.807, 2.05) is 55.1 Å². The number of rotatable bonds is 6. The lowest BCUT2D eigenvalue weighted by Gasteiger charge is -2.26. The van der Waals surface area contributed by atoms with Crippen molar-refractivity contribution in [1.82, 2.24) is 29.3 Å². The van der Waals surface area contributed by atoms with Gasteiger partial charge in [0.2, 0.25) is 11.9 Å². The van der Waals surface area contributed by atoms with Crippen molar-refractivity contribution in [2.75, 3.05) is 39.0 Å². The third-order valence-corrected chi connectivity index (χ3v) is 6.20. The van der Waals surface area contributed by atoms with Crippen LogP contribution < -0.4 is 5.32 Å². The summed E-state index contributed by atoms with van der Waals surface area (Å²) in [6, 6.07) is 7.54. The van der Waals surface area contributed by atoms with Gasteiger partial charge in [0.25, 0.3) is 5.91 Å². The first kappa shape index (κ1) is 24.5. The largest absolute Gasteiger partial charge is 0.337 e. The van der Waals surface area contributed by atoms with Crippen LogP contribution in [0.15, 0.2) is 42.6 Å². The molecular formula is C26H33N7O2. The summed E-state index contributed by atoms with van der Waals surface area (Å²) >= 11 is 0. The van der Waals surface area contributed by atoms with Crippen LogP contribution in [0, 0.1) is 13.8 Å². The standard InChI is InChI=1S/C26H33N7O2/c1-18-9-7-11-21-24(18)33(26(29-21)30-25(35)22-13-14-27-19(2)28-22)20-10-5-6-16-32(17-20)23(34)12-8-15-31(3)4/h7-9,11-14,20H,5-6,10,15-17H2,1-4H3,(H,29,30,35)/b12-8+. The van der Waals surface area contributed by atoms with E-state index >= 15 is 0 Å². The maximum Gasteiger partial charge on any atom is 0.276 e. The average molecular weight is 476 g/mol. The number of hydrogen-bond acceptors (Lipinski definition) is 6. The molecule has 0 aliphatic carbocycles. The molecule has 1 fully saturated rings. The number of imidazole rings is 1. The van der Waals surface area contributed by atoms with E-state index in [0.29, 0.717) is 24.9 Å². The van der Waals surface area contributed by atoms with Crippen LogP contribution in [0.5, 0.6) is 0 Å². The summed E-state index contributed by atoms with van der Waals surface area (Å²) < 4.78 is 2.10. The molecule has 4 rings (SSSR count). The number of fused-ring (bicyclic) bond motifs is 1. The van der Waals surface area contributed by atoms with Crippen molar-refractivity contribution in [1.29, 1.82) is 0 Å². The first-order valence-electron chi connectivity index (χ1n) is 12.0. The fraction of sp³-hybridized carbons (Fsp3) is 0.423. The predicted molar refractivity (Wildman–Crippen MR) is 136 cm³/mol. The summed E-state index contributed by atoms with van der Waals surface area (Å²) in [6.07, 6.45) is 7.95. The Kier molecular flexibility index (Phi) is 7.55. The highest BCUT2D eigenvalue weighted by Crippen LogP contribution is 2.32. The average Bonchev–Trinajstić information content (AvgIpc) is 3.01. The number of amides is 2. The SMILES string of the molecule is Cc1nccc(C(=O)Nc2nc3cccc(C)c3n2C2CCCCN(C(=O)/C=C/CN(C)C)C2)n1. The molecule has 0 radical (unpaired) electrons. The van der Waals surface area contributed by atoms with E-state index in [1.165, 1.54) is 0 Å². The Morgan fingerprint density at radius 1 is 1.17 bits per heavy atom. The Morgan fingerprint density at radius 3 is 2.77 bits per heavy atom. The van der Waals surface area contributed by atoms with Crippen molar-refractivity contribution >= 4 is 28.8 Å². The number of likely N-dealkylation sites (N-methyl/N-ethyl adjacent to an activating group) is 1. The molecule has 0 bridgehead atoms. The number of anilines is 1. The number of aryl methyl sites for hydroxylation is 2. The Labute approximate surface area is 205 Å². The van der Waals surface area contributed by atoms with Crippen LogP contribution in [0.2, 0.25) is 0 Å². The molecule has 9 heteroatoms. The molecule has 0 saturated carbocycles. The summed E-state index contributed by atoms with van der Waals surface area (Å²) in [5.74, 6) is 0.681. The van der Waals surface area contributed by atoms with Gasteiger partial charge in [0, 0.05) is 31.9 Å². The lowest BCUT2D eigenvalue weighted by atomic mass is 10.1. The number of aromatic nitrogens is 4. The van der Waals surface area contributed by atoms with Crippen LogP contribution in [-0.2, 0) is 4.79 Å². The van der Waals surface area contributed by atoms with Gasteiger partial charge in [-0.1, -0.05) is 18.2 Å². The van der Waals surface area contributed by atoms with Gasteiger partial charge in [-0.2, -0.15) is 0 Å². The van der Waals surface area contributed by atoms with E-state index in [4.69, 9.17) is 4.98 Å². The monoisotopic (exact) mass is 475 g/mol. The smallest absolute Gasteiger partial charge is 0.276 e. The number of benzene rings is 1. The highest BCUT2D eigenvalue weighted by molar-refractivity contribution is 6.02. The van der Waals surface area contributed by atoms with E-state index in [1.54, 1.807) is 25.3 Å². The van der Waals surface area contributed by atoms with Gasteiger partial charge in [-0.3, -0.25) is 14.9 Å². The van der Waals surface area contributed by atoms with E-state index in [0.717, 1.165) is 42.4 Å². The minimum atomic E-state index is -0.335. The Balaban J connectivity index is 1.68. The van der Waals surface area contributed by atoms with Gasteiger partial charge in [0.15, 0.2) is 0 Å². The molecule has 1 aliphatic rings. The van der Waals surface area contributed by atoms with E-state index in [2.05, 4.69) is 19.9 Å². The number of likely N-dealkylation sites (tertiary alicyclic amines) is 1. The molecule has 1 aliphatic heterocycles. The van der Waals surface area contributed by atoms with E-state index in [-0.39, 0.29) is 23.6 Å². The molecule has 1 N–H and O–H groups in total. The van der Waals surface area contributed by atoms with Gasteiger partial charge >= 0.3 is 0 Å². The van der Waals surface area contributed by atoms with Gasteiger partial charge in [-0.25, -0.2) is 15.0 Å². The van der Waals surface area contributed by atoms with E-state index < -0.39 is 0 Å². The van der Waals surface area contributed by atoms with Gasteiger partial charge in [-0.05, 0) is 64.9 Å². The fourth-order valence-electron chi connectivity index (χ4n) is 4.51. The first-order chi connectivity index (χ1) is 16.8. The number of nitrogens with one attached hydrogen (secondary N) is 1. The summed E-state index contributed by atoms with van der Waals surface area (Å²) in [5, 5.41) is 2.98. The van der Waals surface area contributed by atoms with Gasteiger partial charge in [-0.15, -0.1) is 0 Å². The Morgan fingerprint density at radius 2 is 2.00 bits per heavy atom. The zero-order valence-electron chi connectivity index (χ0n) is 20.9. The topological polar surface area (TPSA) is 96.2 Å². The quantitative estimate of drug-likeness (QED) is 0.549. The summed E-state index contributed by atoms with van der Waals surface area (Å²) in [6.45, 7) is 5.78. The Hall–Kier alpha value is -3.59. The van der Waals surface area contributed by atoms with Crippen molar-refractivity contribution in [2.45, 2.75) is 39.2 Å². The molecule has 3 aromatic rings. The molecule has 184 valence electrons. The first-order valence-corrected chi connectivity index (χ1v) is 12.0. The molecule has 0 spiro atoms. The van der Waals surface area contributed by atoms with Crippen LogP contribution in [0.1, 0.15) is 47.2 Å². The van der Waals surface area contributed by atoms with Crippen LogP contribution in [0.3, 0.4) is 0 Å². The second kappa shape index (κ2) is 10.8. The number of carbonyl (C=O) groups excluding carboxylic acids is 2. The minimum Gasteiger partial charge on any atom is -0.337 e. The van der Waals surface area contributed by atoms with Crippen LogP contribution in [0.25, 0.3) is 11.0 Å². The molecular weight excluding hydrogens is 442 g/mol. The molecule has 1 unspecified atom stereocenters. The lowest BCUT2D eigenvalue weighted by molar-refractivity contribution is -0.126. The molecule has 2 amide bonds. The molecule has 9 nitrogen and oxygen atoms in total. The second-order valence-corrected chi connectivity index (χ2v) is 9.29. The number of nitrogens with zero attached hydrogens (tertiary/aromatic N) is 6.